The summed E-state index contributed by atoms with van der Waals surface area (Å²) in [5, 5.41) is 11.1. The van der Waals surface area contributed by atoms with E-state index in [-0.39, 0.29) is 29.8 Å². The lowest BCUT2D eigenvalue weighted by Gasteiger charge is -2.39. The van der Waals surface area contributed by atoms with Crippen LogP contribution in [0.2, 0.25) is 0 Å². The predicted molar refractivity (Wildman–Crippen MR) is 104 cm³/mol. The maximum absolute atomic E-state index is 12.6. The van der Waals surface area contributed by atoms with Crippen LogP contribution in [-0.2, 0) is 16.0 Å². The first-order chi connectivity index (χ1) is 12.2. The van der Waals surface area contributed by atoms with E-state index in [1.54, 1.807) is 0 Å². The number of ether oxygens (including phenoxy) is 1. The minimum absolute atomic E-state index is 0.161. The van der Waals surface area contributed by atoms with Crippen molar-refractivity contribution < 1.29 is 14.6 Å². The molecule has 1 aromatic rings. The van der Waals surface area contributed by atoms with E-state index in [0.29, 0.717) is 12.3 Å². The normalized spacial score (nSPS) is 36.8. The number of rotatable bonds is 4. The molecule has 142 valence electrons. The molecular formula is C23H32O3. The summed E-state index contributed by atoms with van der Waals surface area (Å²) >= 11 is 0. The highest BCUT2D eigenvalue weighted by atomic mass is 16.5. The minimum Gasteiger partial charge on any atom is -0.461 e. The molecule has 1 N–H and O–H groups in total. The zero-order chi connectivity index (χ0) is 18.9. The number of carbonyl (C=O) groups excluding carboxylic acids is 1. The first kappa shape index (κ1) is 19.2. The van der Waals surface area contributed by atoms with E-state index < -0.39 is 5.60 Å². The van der Waals surface area contributed by atoms with E-state index in [4.69, 9.17) is 4.74 Å². The van der Waals surface area contributed by atoms with Gasteiger partial charge in [-0.1, -0.05) is 55.8 Å². The molecule has 0 spiro atoms. The monoisotopic (exact) mass is 356 g/mol. The van der Waals surface area contributed by atoms with E-state index in [0.717, 1.165) is 31.2 Å². The van der Waals surface area contributed by atoms with E-state index in [9.17, 15) is 9.90 Å². The molecular weight excluding hydrogens is 324 g/mol. The lowest BCUT2D eigenvalue weighted by atomic mass is 9.69. The van der Waals surface area contributed by atoms with Crippen LogP contribution in [0.4, 0.5) is 0 Å². The van der Waals surface area contributed by atoms with Crippen molar-refractivity contribution in [2.75, 3.05) is 0 Å². The topological polar surface area (TPSA) is 46.5 Å². The third kappa shape index (κ3) is 3.73. The molecule has 0 aromatic heterocycles. The number of esters is 1. The lowest BCUT2D eigenvalue weighted by molar-refractivity contribution is -0.154. The van der Waals surface area contributed by atoms with E-state index in [2.05, 4.69) is 20.4 Å². The largest absolute Gasteiger partial charge is 0.461 e. The molecule has 0 bridgehead atoms. The second-order valence-corrected chi connectivity index (χ2v) is 8.94. The zero-order valence-electron chi connectivity index (χ0n) is 16.3. The molecule has 26 heavy (non-hydrogen) atoms. The molecule has 0 saturated heterocycles. The average molecular weight is 357 g/mol. The van der Waals surface area contributed by atoms with Gasteiger partial charge in [0.05, 0.1) is 12.0 Å². The van der Waals surface area contributed by atoms with Crippen molar-refractivity contribution in [3.05, 3.63) is 48.0 Å². The van der Waals surface area contributed by atoms with Crippen LogP contribution >= 0.6 is 0 Å². The Kier molecular flexibility index (Phi) is 5.30. The molecule has 0 aliphatic heterocycles. The second-order valence-electron chi connectivity index (χ2n) is 8.94. The zero-order valence-corrected chi connectivity index (χ0v) is 16.3. The number of benzene rings is 1. The Morgan fingerprint density at radius 2 is 1.92 bits per heavy atom. The number of carbonyl (C=O) groups is 1. The minimum atomic E-state index is -0.781. The third-order valence-electron chi connectivity index (χ3n) is 6.77. The highest BCUT2D eigenvalue weighted by Crippen LogP contribution is 2.58. The molecule has 3 nitrogen and oxygen atoms in total. The average Bonchev–Trinajstić information content (AvgIpc) is 2.69. The van der Waals surface area contributed by atoms with Crippen LogP contribution in [0.5, 0.6) is 0 Å². The molecule has 2 fully saturated rings. The van der Waals surface area contributed by atoms with Gasteiger partial charge in [0.15, 0.2) is 0 Å². The molecule has 2 saturated carbocycles. The molecule has 0 radical (unpaired) electrons. The number of aliphatic hydroxyl groups is 1. The summed E-state index contributed by atoms with van der Waals surface area (Å²) in [5.74, 6) is 0.401. The van der Waals surface area contributed by atoms with Crippen LogP contribution in [0, 0.1) is 17.3 Å². The molecule has 5 atom stereocenters. The fraction of sp³-hybridized carbons (Fsp3) is 0.609. The van der Waals surface area contributed by atoms with Crippen LogP contribution in [0.1, 0.15) is 58.4 Å². The van der Waals surface area contributed by atoms with Gasteiger partial charge in [-0.2, -0.15) is 0 Å². The molecule has 2 aliphatic rings. The molecule has 2 aliphatic carbocycles. The lowest BCUT2D eigenvalue weighted by Crippen LogP contribution is -2.39. The molecule has 3 rings (SSSR count). The Balaban J connectivity index is 1.79. The van der Waals surface area contributed by atoms with Crippen LogP contribution in [0.25, 0.3) is 0 Å². The number of allylic oxidation sites excluding steroid dienone is 1. The Morgan fingerprint density at radius 3 is 2.58 bits per heavy atom. The summed E-state index contributed by atoms with van der Waals surface area (Å²) < 4.78 is 5.98. The van der Waals surface area contributed by atoms with E-state index >= 15 is 0 Å². The van der Waals surface area contributed by atoms with Gasteiger partial charge in [-0.25, -0.2) is 0 Å². The summed E-state index contributed by atoms with van der Waals surface area (Å²) in [7, 11) is 0. The van der Waals surface area contributed by atoms with Crippen molar-refractivity contribution in [1.82, 2.24) is 0 Å². The molecule has 3 heteroatoms. The Morgan fingerprint density at radius 1 is 1.23 bits per heavy atom. The van der Waals surface area contributed by atoms with Crippen molar-refractivity contribution in [3.63, 3.8) is 0 Å². The Labute approximate surface area is 157 Å². The van der Waals surface area contributed by atoms with Gasteiger partial charge in [0, 0.05) is 11.8 Å². The van der Waals surface area contributed by atoms with Crippen molar-refractivity contribution in [1.29, 1.82) is 0 Å². The fourth-order valence-electron chi connectivity index (χ4n) is 5.36. The van der Waals surface area contributed by atoms with Gasteiger partial charge in [0.2, 0.25) is 0 Å². The summed E-state index contributed by atoms with van der Waals surface area (Å²) in [4.78, 5) is 12.6. The summed E-state index contributed by atoms with van der Waals surface area (Å²) in [6, 6.07) is 9.70. The molecule has 5 unspecified atom stereocenters. The summed E-state index contributed by atoms with van der Waals surface area (Å²) in [5.41, 5.74) is 1.18. The van der Waals surface area contributed by atoms with Gasteiger partial charge >= 0.3 is 5.97 Å². The maximum Gasteiger partial charge on any atom is 0.310 e. The van der Waals surface area contributed by atoms with Crippen molar-refractivity contribution in [2.45, 2.75) is 71.0 Å². The molecule has 0 amide bonds. The van der Waals surface area contributed by atoms with Gasteiger partial charge < -0.3 is 9.84 Å². The van der Waals surface area contributed by atoms with Gasteiger partial charge in [-0.15, -0.1) is 0 Å². The predicted octanol–water partition coefficient (Wildman–Crippen LogP) is 4.68. The van der Waals surface area contributed by atoms with Gasteiger partial charge in [0.1, 0.15) is 6.10 Å². The smallest absolute Gasteiger partial charge is 0.310 e. The highest BCUT2D eigenvalue weighted by molar-refractivity contribution is 5.72. The van der Waals surface area contributed by atoms with Crippen molar-refractivity contribution in [3.8, 4) is 0 Å². The third-order valence-corrected chi connectivity index (χ3v) is 6.77. The first-order valence-corrected chi connectivity index (χ1v) is 9.83. The van der Waals surface area contributed by atoms with Crippen molar-refractivity contribution >= 4 is 5.97 Å². The second kappa shape index (κ2) is 7.19. The first-order valence-electron chi connectivity index (χ1n) is 9.83. The Hall–Kier alpha value is -1.61. The Bertz CT molecular complexity index is 663. The molecule has 1 aromatic carbocycles. The van der Waals surface area contributed by atoms with Crippen LogP contribution in [0.15, 0.2) is 42.5 Å². The molecule has 0 heterocycles. The van der Waals surface area contributed by atoms with Gasteiger partial charge in [-0.05, 0) is 50.5 Å². The SMILES string of the molecule is C=C(C)C1CCCC2C(C)(O)CC(OC(=O)Cc3ccccc3)C2(C)C1. The van der Waals surface area contributed by atoms with E-state index in [1.165, 1.54) is 5.57 Å². The summed E-state index contributed by atoms with van der Waals surface area (Å²) in [6.45, 7) is 10.4. The number of fused-ring (bicyclic) bond motifs is 1. The summed E-state index contributed by atoms with van der Waals surface area (Å²) in [6.07, 6.45) is 4.70. The fourth-order valence-corrected chi connectivity index (χ4v) is 5.36. The van der Waals surface area contributed by atoms with Crippen LogP contribution < -0.4 is 0 Å². The number of hydrogen-bond acceptors (Lipinski definition) is 3. The van der Waals surface area contributed by atoms with E-state index in [1.807, 2.05) is 37.3 Å². The quantitative estimate of drug-likeness (QED) is 0.629. The maximum atomic E-state index is 12.6. The van der Waals surface area contributed by atoms with Crippen molar-refractivity contribution in [2.24, 2.45) is 17.3 Å². The van der Waals surface area contributed by atoms with Crippen LogP contribution in [0.3, 0.4) is 0 Å². The standard InChI is InChI=1S/C23H32O3/c1-16(2)18-11-8-12-19-22(3,14-18)20(15-23(19,4)25)26-21(24)13-17-9-6-5-7-10-17/h5-7,9-10,18-20,25H,1,8,11-15H2,2-4H3. The number of hydrogen-bond donors (Lipinski definition) is 1. The van der Waals surface area contributed by atoms with Gasteiger partial charge in [-0.3, -0.25) is 4.79 Å². The van der Waals surface area contributed by atoms with Gasteiger partial charge in [0.25, 0.3) is 0 Å². The van der Waals surface area contributed by atoms with Crippen LogP contribution in [-0.4, -0.2) is 22.8 Å². The highest BCUT2D eigenvalue weighted by Gasteiger charge is 2.59.